The highest BCUT2D eigenvalue weighted by molar-refractivity contribution is 5.35. The maximum absolute atomic E-state index is 6.18. The van der Waals surface area contributed by atoms with Crippen molar-refractivity contribution in [3.8, 4) is 0 Å². The Morgan fingerprint density at radius 2 is 2.25 bits per heavy atom. The van der Waals surface area contributed by atoms with Gasteiger partial charge in [0.25, 0.3) is 0 Å². The molecule has 2 heteroatoms. The molecule has 86 valence electrons. The molecule has 1 N–H and O–H groups in total. The molecule has 3 rings (SSSR count). The summed E-state index contributed by atoms with van der Waals surface area (Å²) in [5.41, 5.74) is 2.85. The summed E-state index contributed by atoms with van der Waals surface area (Å²) in [5.74, 6) is 0. The normalized spacial score (nSPS) is 33.7. The third kappa shape index (κ3) is 1.57. The Balaban J connectivity index is 1.97. The first-order chi connectivity index (χ1) is 7.80. The van der Waals surface area contributed by atoms with Crippen LogP contribution in [0.15, 0.2) is 24.3 Å². The monoisotopic (exact) mass is 217 g/mol. The van der Waals surface area contributed by atoms with Crippen LogP contribution in [0.3, 0.4) is 0 Å². The topological polar surface area (TPSA) is 21.3 Å². The fraction of sp³-hybridized carbons (Fsp3) is 0.571. The Hall–Kier alpha value is -0.860. The SMILES string of the molecule is CC1COC2(CCCc3ccccc32)CN1. The molecule has 1 heterocycles. The Morgan fingerprint density at radius 1 is 1.38 bits per heavy atom. The lowest BCUT2D eigenvalue weighted by molar-refractivity contribution is -0.0958. The van der Waals surface area contributed by atoms with Crippen molar-refractivity contribution in [1.29, 1.82) is 0 Å². The average Bonchev–Trinajstić information content (AvgIpc) is 2.34. The van der Waals surface area contributed by atoms with Gasteiger partial charge in [0.05, 0.1) is 6.61 Å². The third-order valence-electron chi connectivity index (χ3n) is 3.88. The van der Waals surface area contributed by atoms with Gasteiger partial charge in [0.1, 0.15) is 5.60 Å². The van der Waals surface area contributed by atoms with Crippen molar-refractivity contribution in [2.45, 2.75) is 37.8 Å². The van der Waals surface area contributed by atoms with Crippen LogP contribution in [0, 0.1) is 0 Å². The Labute approximate surface area is 97.0 Å². The lowest BCUT2D eigenvalue weighted by atomic mass is 9.78. The third-order valence-corrected chi connectivity index (χ3v) is 3.88. The Kier molecular flexibility index (Phi) is 2.49. The van der Waals surface area contributed by atoms with Gasteiger partial charge in [-0.05, 0) is 37.3 Å². The van der Waals surface area contributed by atoms with Crippen LogP contribution in [0.25, 0.3) is 0 Å². The molecular weight excluding hydrogens is 198 g/mol. The number of aryl methyl sites for hydroxylation is 1. The summed E-state index contributed by atoms with van der Waals surface area (Å²) in [4.78, 5) is 0. The lowest BCUT2D eigenvalue weighted by Crippen LogP contribution is -2.52. The molecule has 1 aromatic carbocycles. The van der Waals surface area contributed by atoms with E-state index in [1.165, 1.54) is 24.0 Å². The maximum Gasteiger partial charge on any atom is 0.106 e. The summed E-state index contributed by atoms with van der Waals surface area (Å²) in [7, 11) is 0. The van der Waals surface area contributed by atoms with E-state index in [0.717, 1.165) is 19.6 Å². The van der Waals surface area contributed by atoms with Crippen LogP contribution in [-0.2, 0) is 16.8 Å². The summed E-state index contributed by atoms with van der Waals surface area (Å²) >= 11 is 0. The van der Waals surface area contributed by atoms with Crippen molar-refractivity contribution >= 4 is 0 Å². The number of rotatable bonds is 0. The van der Waals surface area contributed by atoms with Crippen LogP contribution in [0.1, 0.15) is 30.9 Å². The number of morpholine rings is 1. The summed E-state index contributed by atoms with van der Waals surface area (Å²) in [6.07, 6.45) is 3.60. The van der Waals surface area contributed by atoms with Gasteiger partial charge in [-0.25, -0.2) is 0 Å². The van der Waals surface area contributed by atoms with Crippen molar-refractivity contribution in [3.05, 3.63) is 35.4 Å². The van der Waals surface area contributed by atoms with Crippen LogP contribution in [0.4, 0.5) is 0 Å². The second-order valence-corrected chi connectivity index (χ2v) is 5.10. The summed E-state index contributed by atoms with van der Waals surface area (Å²) in [5, 5.41) is 3.56. The van der Waals surface area contributed by atoms with Crippen molar-refractivity contribution in [2.24, 2.45) is 0 Å². The molecule has 0 bridgehead atoms. The molecule has 1 aliphatic heterocycles. The van der Waals surface area contributed by atoms with Crippen molar-refractivity contribution in [2.75, 3.05) is 13.2 Å². The van der Waals surface area contributed by atoms with Crippen LogP contribution in [-0.4, -0.2) is 19.2 Å². The van der Waals surface area contributed by atoms with Crippen LogP contribution >= 0.6 is 0 Å². The van der Waals surface area contributed by atoms with Crippen molar-refractivity contribution < 1.29 is 4.74 Å². The predicted molar refractivity (Wildman–Crippen MR) is 64.5 cm³/mol. The molecule has 0 aromatic heterocycles. The molecule has 0 saturated carbocycles. The highest BCUT2D eigenvalue weighted by Crippen LogP contribution is 2.39. The van der Waals surface area contributed by atoms with E-state index in [9.17, 15) is 0 Å². The average molecular weight is 217 g/mol. The zero-order valence-corrected chi connectivity index (χ0v) is 9.83. The van der Waals surface area contributed by atoms with Gasteiger partial charge in [-0.2, -0.15) is 0 Å². The molecule has 2 unspecified atom stereocenters. The summed E-state index contributed by atoms with van der Waals surface area (Å²) in [6.45, 7) is 3.97. The number of ether oxygens (including phenoxy) is 1. The quantitative estimate of drug-likeness (QED) is 0.719. The van der Waals surface area contributed by atoms with Gasteiger partial charge >= 0.3 is 0 Å². The maximum atomic E-state index is 6.18. The summed E-state index contributed by atoms with van der Waals surface area (Å²) < 4.78 is 6.18. The van der Waals surface area contributed by atoms with Crippen LogP contribution < -0.4 is 5.32 Å². The minimum Gasteiger partial charge on any atom is -0.367 e. The molecular formula is C14H19NO. The number of hydrogen-bond acceptors (Lipinski definition) is 2. The smallest absolute Gasteiger partial charge is 0.106 e. The van der Waals surface area contributed by atoms with Gasteiger partial charge in [-0.15, -0.1) is 0 Å². The van der Waals surface area contributed by atoms with Crippen molar-refractivity contribution in [1.82, 2.24) is 5.32 Å². The number of nitrogens with one attached hydrogen (secondary N) is 1. The fourth-order valence-corrected chi connectivity index (χ4v) is 2.95. The minimum atomic E-state index is -0.0403. The van der Waals surface area contributed by atoms with E-state index in [0.29, 0.717) is 6.04 Å². The molecule has 2 aliphatic rings. The molecule has 2 nitrogen and oxygen atoms in total. The van der Waals surface area contributed by atoms with E-state index in [1.54, 1.807) is 0 Å². The molecule has 2 atom stereocenters. The van der Waals surface area contributed by atoms with Gasteiger partial charge in [-0.1, -0.05) is 24.3 Å². The predicted octanol–water partition coefficient (Wildman–Crippen LogP) is 2.23. The second-order valence-electron chi connectivity index (χ2n) is 5.10. The first kappa shape index (κ1) is 10.3. The summed E-state index contributed by atoms with van der Waals surface area (Å²) in [6, 6.07) is 9.24. The largest absolute Gasteiger partial charge is 0.367 e. The van der Waals surface area contributed by atoms with E-state index >= 15 is 0 Å². The van der Waals surface area contributed by atoms with Gasteiger partial charge in [-0.3, -0.25) is 0 Å². The van der Waals surface area contributed by atoms with E-state index in [-0.39, 0.29) is 5.60 Å². The van der Waals surface area contributed by atoms with E-state index in [1.807, 2.05) is 0 Å². The molecule has 16 heavy (non-hydrogen) atoms. The zero-order valence-electron chi connectivity index (χ0n) is 9.83. The minimum absolute atomic E-state index is 0.0403. The van der Waals surface area contributed by atoms with Crippen LogP contribution in [0.2, 0.25) is 0 Å². The first-order valence-corrected chi connectivity index (χ1v) is 6.26. The Morgan fingerprint density at radius 3 is 3.06 bits per heavy atom. The highest BCUT2D eigenvalue weighted by Gasteiger charge is 2.39. The molecule has 1 spiro atoms. The fourth-order valence-electron chi connectivity index (χ4n) is 2.95. The molecule has 0 radical (unpaired) electrons. The number of fused-ring (bicyclic) bond motifs is 2. The first-order valence-electron chi connectivity index (χ1n) is 6.26. The van der Waals surface area contributed by atoms with E-state index in [4.69, 9.17) is 4.74 Å². The lowest BCUT2D eigenvalue weighted by Gasteiger charge is -2.44. The molecule has 0 amide bonds. The molecule has 1 aliphatic carbocycles. The number of benzene rings is 1. The van der Waals surface area contributed by atoms with Crippen molar-refractivity contribution in [3.63, 3.8) is 0 Å². The van der Waals surface area contributed by atoms with Crippen LogP contribution in [0.5, 0.6) is 0 Å². The standard InChI is InChI=1S/C14H19NO/c1-11-9-16-14(10-15-11)8-4-6-12-5-2-3-7-13(12)14/h2-3,5,7,11,15H,4,6,8-10H2,1H3. The van der Waals surface area contributed by atoms with Gasteiger partial charge in [0.15, 0.2) is 0 Å². The zero-order chi connectivity index (χ0) is 11.0. The molecule has 1 aromatic rings. The Bertz CT molecular complexity index is 380. The second kappa shape index (κ2) is 3.86. The number of hydrogen-bond donors (Lipinski definition) is 1. The molecule has 1 fully saturated rings. The van der Waals surface area contributed by atoms with E-state index < -0.39 is 0 Å². The van der Waals surface area contributed by atoms with Gasteiger partial charge in [0, 0.05) is 12.6 Å². The highest BCUT2D eigenvalue weighted by atomic mass is 16.5. The van der Waals surface area contributed by atoms with Gasteiger partial charge < -0.3 is 10.1 Å². The van der Waals surface area contributed by atoms with E-state index in [2.05, 4.69) is 36.5 Å². The molecule has 1 saturated heterocycles. The van der Waals surface area contributed by atoms with Gasteiger partial charge in [0.2, 0.25) is 0 Å².